The largest absolute Gasteiger partial charge is 0.481 e. The van der Waals surface area contributed by atoms with Crippen LogP contribution in [0.15, 0.2) is 22.7 Å². The van der Waals surface area contributed by atoms with Crippen molar-refractivity contribution in [3.05, 3.63) is 34.1 Å². The van der Waals surface area contributed by atoms with Gasteiger partial charge in [-0.05, 0) is 25.1 Å². The lowest BCUT2D eigenvalue weighted by Gasteiger charge is -2.39. The van der Waals surface area contributed by atoms with Crippen LogP contribution in [0.5, 0.6) is 0 Å². The zero-order valence-corrected chi connectivity index (χ0v) is 12.8. The molecule has 6 heteroatoms. The Bertz CT molecular complexity index is 497. The Morgan fingerprint density at radius 1 is 1.65 bits per heavy atom. The maximum atomic E-state index is 14.0. The Balaban J connectivity index is 2.22. The van der Waals surface area contributed by atoms with Gasteiger partial charge in [-0.1, -0.05) is 15.9 Å². The summed E-state index contributed by atoms with van der Waals surface area (Å²) in [6.45, 7) is 3.40. The first-order valence-electron chi connectivity index (χ1n) is 6.49. The van der Waals surface area contributed by atoms with E-state index in [1.165, 1.54) is 6.07 Å². The Morgan fingerprint density at radius 3 is 3.10 bits per heavy atom. The van der Waals surface area contributed by atoms with Crippen LogP contribution in [0, 0.1) is 5.82 Å². The van der Waals surface area contributed by atoms with Crippen LogP contribution in [0.25, 0.3) is 0 Å². The number of carboxylic acids is 1. The van der Waals surface area contributed by atoms with Crippen molar-refractivity contribution in [3.63, 3.8) is 0 Å². The minimum absolute atomic E-state index is 0.0000374. The van der Waals surface area contributed by atoms with Crippen LogP contribution >= 0.6 is 15.9 Å². The molecule has 110 valence electrons. The molecule has 1 saturated heterocycles. The highest BCUT2D eigenvalue weighted by Crippen LogP contribution is 2.29. The van der Waals surface area contributed by atoms with Gasteiger partial charge in [0, 0.05) is 28.7 Å². The molecule has 0 amide bonds. The number of rotatable bonds is 4. The SMILES string of the molecule is CC(c1cc(Br)ccc1F)N1CCOCC1CC(=O)O. The van der Waals surface area contributed by atoms with E-state index in [0.29, 0.717) is 25.3 Å². The average Bonchev–Trinajstić information content (AvgIpc) is 2.41. The molecular weight excluding hydrogens is 329 g/mol. The van der Waals surface area contributed by atoms with Gasteiger partial charge in [-0.15, -0.1) is 0 Å². The van der Waals surface area contributed by atoms with Gasteiger partial charge in [0.25, 0.3) is 0 Å². The molecule has 0 bridgehead atoms. The number of ether oxygens (including phenoxy) is 1. The first-order chi connectivity index (χ1) is 9.49. The van der Waals surface area contributed by atoms with Crippen LogP contribution in [-0.4, -0.2) is 41.8 Å². The van der Waals surface area contributed by atoms with Crippen molar-refractivity contribution in [1.82, 2.24) is 4.90 Å². The Hall–Kier alpha value is -0.980. The van der Waals surface area contributed by atoms with Crippen molar-refractivity contribution in [3.8, 4) is 0 Å². The number of benzene rings is 1. The number of aliphatic carboxylic acids is 1. The zero-order valence-electron chi connectivity index (χ0n) is 11.2. The molecule has 1 fully saturated rings. The molecule has 2 rings (SSSR count). The Morgan fingerprint density at radius 2 is 2.40 bits per heavy atom. The minimum Gasteiger partial charge on any atom is -0.481 e. The summed E-state index contributed by atoms with van der Waals surface area (Å²) in [5.74, 6) is -1.14. The molecular formula is C14H17BrFNO3. The molecule has 2 atom stereocenters. The lowest BCUT2D eigenvalue weighted by atomic mass is 10.0. The first-order valence-corrected chi connectivity index (χ1v) is 7.28. The molecule has 1 aliphatic rings. The highest BCUT2D eigenvalue weighted by atomic mass is 79.9. The molecule has 4 nitrogen and oxygen atoms in total. The molecule has 1 aliphatic heterocycles. The van der Waals surface area contributed by atoms with E-state index >= 15 is 0 Å². The number of carbonyl (C=O) groups is 1. The predicted octanol–water partition coefficient (Wildman–Crippen LogP) is 2.82. The summed E-state index contributed by atoms with van der Waals surface area (Å²) < 4.78 is 20.1. The molecule has 0 aromatic heterocycles. The summed E-state index contributed by atoms with van der Waals surface area (Å²) in [6.07, 6.45) is -0.0000374. The van der Waals surface area contributed by atoms with E-state index in [1.54, 1.807) is 12.1 Å². The lowest BCUT2D eigenvalue weighted by Crippen LogP contribution is -2.47. The van der Waals surface area contributed by atoms with Crippen molar-refractivity contribution >= 4 is 21.9 Å². The quantitative estimate of drug-likeness (QED) is 0.911. The molecule has 0 aliphatic carbocycles. The van der Waals surface area contributed by atoms with Gasteiger partial charge >= 0.3 is 5.97 Å². The summed E-state index contributed by atoms with van der Waals surface area (Å²) in [6, 6.07) is 4.39. The first kappa shape index (κ1) is 15.4. The third kappa shape index (κ3) is 3.56. The maximum Gasteiger partial charge on any atom is 0.305 e. The van der Waals surface area contributed by atoms with Crippen LogP contribution in [0.1, 0.15) is 24.9 Å². The van der Waals surface area contributed by atoms with Crippen molar-refractivity contribution in [2.24, 2.45) is 0 Å². The number of carboxylic acid groups (broad SMARTS) is 1. The lowest BCUT2D eigenvalue weighted by molar-refractivity contribution is -0.140. The summed E-state index contributed by atoms with van der Waals surface area (Å²) in [5, 5.41) is 8.97. The minimum atomic E-state index is -0.868. The molecule has 1 aromatic rings. The average molecular weight is 346 g/mol. The molecule has 20 heavy (non-hydrogen) atoms. The summed E-state index contributed by atoms with van der Waals surface area (Å²) in [7, 11) is 0. The molecule has 2 unspecified atom stereocenters. The number of morpholine rings is 1. The zero-order chi connectivity index (χ0) is 14.7. The second kappa shape index (κ2) is 6.65. The third-order valence-corrected chi connectivity index (χ3v) is 4.08. The monoisotopic (exact) mass is 345 g/mol. The summed E-state index contributed by atoms with van der Waals surface area (Å²) >= 11 is 3.34. The third-order valence-electron chi connectivity index (χ3n) is 3.59. The second-order valence-corrected chi connectivity index (χ2v) is 5.82. The van der Waals surface area contributed by atoms with E-state index in [9.17, 15) is 9.18 Å². The second-order valence-electron chi connectivity index (χ2n) is 4.91. The fraction of sp³-hybridized carbons (Fsp3) is 0.500. The van der Waals surface area contributed by atoms with Crippen molar-refractivity contribution in [2.75, 3.05) is 19.8 Å². The number of nitrogens with zero attached hydrogens (tertiary/aromatic N) is 1. The Kier molecular flexibility index (Phi) is 5.12. The van der Waals surface area contributed by atoms with Gasteiger partial charge in [0.2, 0.25) is 0 Å². The van der Waals surface area contributed by atoms with Gasteiger partial charge < -0.3 is 9.84 Å². The van der Waals surface area contributed by atoms with E-state index in [0.717, 1.165) is 4.47 Å². The summed E-state index contributed by atoms with van der Waals surface area (Å²) in [5.41, 5.74) is 0.566. The van der Waals surface area contributed by atoms with E-state index in [-0.39, 0.29) is 24.3 Å². The van der Waals surface area contributed by atoms with Crippen molar-refractivity contribution < 1.29 is 19.0 Å². The van der Waals surface area contributed by atoms with Gasteiger partial charge in [0.05, 0.1) is 19.6 Å². The van der Waals surface area contributed by atoms with E-state index in [1.807, 2.05) is 11.8 Å². The standard InChI is InChI=1S/C14H17BrFNO3/c1-9(12-6-10(15)2-3-13(12)16)17-4-5-20-8-11(17)7-14(18)19/h2-3,6,9,11H,4-5,7-8H2,1H3,(H,18,19). The van der Waals surface area contributed by atoms with Crippen LogP contribution in [0.4, 0.5) is 4.39 Å². The molecule has 0 spiro atoms. The fourth-order valence-electron chi connectivity index (χ4n) is 2.57. The fourth-order valence-corrected chi connectivity index (χ4v) is 2.95. The maximum absolute atomic E-state index is 14.0. The molecule has 0 saturated carbocycles. The molecule has 1 N–H and O–H groups in total. The van der Waals surface area contributed by atoms with Crippen molar-refractivity contribution in [1.29, 1.82) is 0 Å². The van der Waals surface area contributed by atoms with E-state index < -0.39 is 5.97 Å². The van der Waals surface area contributed by atoms with Gasteiger partial charge in [-0.25, -0.2) is 4.39 Å². The van der Waals surface area contributed by atoms with Gasteiger partial charge in [0.15, 0.2) is 0 Å². The van der Waals surface area contributed by atoms with Crippen LogP contribution < -0.4 is 0 Å². The van der Waals surface area contributed by atoms with Gasteiger partial charge in [-0.3, -0.25) is 9.69 Å². The normalized spacial score (nSPS) is 21.6. The Labute approximate surface area is 125 Å². The molecule has 1 heterocycles. The smallest absolute Gasteiger partial charge is 0.305 e. The highest BCUT2D eigenvalue weighted by molar-refractivity contribution is 9.10. The van der Waals surface area contributed by atoms with E-state index in [4.69, 9.17) is 9.84 Å². The van der Waals surface area contributed by atoms with E-state index in [2.05, 4.69) is 15.9 Å². The topological polar surface area (TPSA) is 49.8 Å². The number of halogens is 2. The predicted molar refractivity (Wildman–Crippen MR) is 76.1 cm³/mol. The van der Waals surface area contributed by atoms with Crippen LogP contribution in [0.3, 0.4) is 0 Å². The summed E-state index contributed by atoms with van der Waals surface area (Å²) in [4.78, 5) is 12.9. The van der Waals surface area contributed by atoms with Crippen LogP contribution in [0.2, 0.25) is 0 Å². The van der Waals surface area contributed by atoms with Crippen molar-refractivity contribution in [2.45, 2.75) is 25.4 Å². The molecule has 1 aromatic carbocycles. The molecule has 0 radical (unpaired) electrons. The number of hydrogen-bond donors (Lipinski definition) is 1. The number of hydrogen-bond acceptors (Lipinski definition) is 3. The highest BCUT2D eigenvalue weighted by Gasteiger charge is 2.30. The van der Waals surface area contributed by atoms with Gasteiger partial charge in [-0.2, -0.15) is 0 Å². The van der Waals surface area contributed by atoms with Gasteiger partial charge in [0.1, 0.15) is 5.82 Å². The van der Waals surface area contributed by atoms with Crippen LogP contribution in [-0.2, 0) is 9.53 Å².